The molecule has 0 fully saturated rings. The standard InChI is InChI=1S/C18H16N2O4S/c21-20(22)17-10-3-4-11-18(17)25(23,24)19-13-12-15-8-5-7-14-6-1-2-9-16(14)15/h1-11,19H,12-13H2. The van der Waals surface area contributed by atoms with Gasteiger partial charge in [-0.05, 0) is 28.8 Å². The molecule has 0 radical (unpaired) electrons. The molecular weight excluding hydrogens is 340 g/mol. The van der Waals surface area contributed by atoms with E-state index in [4.69, 9.17) is 0 Å². The largest absolute Gasteiger partial charge is 0.289 e. The number of benzene rings is 3. The molecule has 0 aliphatic heterocycles. The number of para-hydroxylation sites is 1. The lowest BCUT2D eigenvalue weighted by molar-refractivity contribution is -0.387. The number of nitrogens with zero attached hydrogens (tertiary/aromatic N) is 1. The molecule has 0 amide bonds. The SMILES string of the molecule is O=[N+]([O-])c1ccccc1S(=O)(=O)NCCc1cccc2ccccc12. The van der Waals surface area contributed by atoms with E-state index >= 15 is 0 Å². The molecule has 3 aromatic carbocycles. The van der Waals surface area contributed by atoms with Gasteiger partial charge in [0.05, 0.1) is 4.92 Å². The van der Waals surface area contributed by atoms with Crippen LogP contribution in [-0.4, -0.2) is 19.9 Å². The van der Waals surface area contributed by atoms with Crippen molar-refractivity contribution in [3.05, 3.63) is 82.4 Å². The van der Waals surface area contributed by atoms with E-state index in [9.17, 15) is 18.5 Å². The van der Waals surface area contributed by atoms with Crippen LogP contribution in [0.5, 0.6) is 0 Å². The number of rotatable bonds is 6. The van der Waals surface area contributed by atoms with Crippen LogP contribution in [0.4, 0.5) is 5.69 Å². The summed E-state index contributed by atoms with van der Waals surface area (Å²) in [5.74, 6) is 0. The number of nitro groups is 1. The van der Waals surface area contributed by atoms with Crippen molar-refractivity contribution in [1.29, 1.82) is 0 Å². The first-order valence-corrected chi connectivity index (χ1v) is 9.17. The van der Waals surface area contributed by atoms with Crippen LogP contribution in [0, 0.1) is 10.1 Å². The Kier molecular flexibility index (Phi) is 4.78. The molecule has 0 aliphatic rings. The van der Waals surface area contributed by atoms with Crippen molar-refractivity contribution < 1.29 is 13.3 Å². The second-order valence-corrected chi connectivity index (χ2v) is 7.25. The zero-order valence-electron chi connectivity index (χ0n) is 13.3. The number of nitro benzene ring substituents is 1. The van der Waals surface area contributed by atoms with Gasteiger partial charge in [-0.25, -0.2) is 13.1 Å². The van der Waals surface area contributed by atoms with Gasteiger partial charge in [-0.1, -0.05) is 54.6 Å². The maximum atomic E-state index is 12.4. The van der Waals surface area contributed by atoms with E-state index in [-0.39, 0.29) is 11.4 Å². The topological polar surface area (TPSA) is 89.3 Å². The molecule has 0 spiro atoms. The molecule has 3 aromatic rings. The van der Waals surface area contributed by atoms with Crippen molar-refractivity contribution in [3.8, 4) is 0 Å². The second kappa shape index (κ2) is 7.00. The van der Waals surface area contributed by atoms with Crippen molar-refractivity contribution in [3.63, 3.8) is 0 Å². The zero-order valence-corrected chi connectivity index (χ0v) is 14.1. The van der Waals surface area contributed by atoms with Crippen LogP contribution in [0.2, 0.25) is 0 Å². The van der Waals surface area contributed by atoms with E-state index in [0.29, 0.717) is 6.42 Å². The number of fused-ring (bicyclic) bond motifs is 1. The number of hydrogen-bond acceptors (Lipinski definition) is 4. The summed E-state index contributed by atoms with van der Waals surface area (Å²) in [4.78, 5) is 10.0. The van der Waals surface area contributed by atoms with Crippen molar-refractivity contribution in [2.24, 2.45) is 0 Å². The summed E-state index contributed by atoms with van der Waals surface area (Å²) in [7, 11) is -3.95. The average molecular weight is 356 g/mol. The Morgan fingerprint density at radius 3 is 2.40 bits per heavy atom. The zero-order chi connectivity index (χ0) is 17.9. The fourth-order valence-corrected chi connectivity index (χ4v) is 3.95. The number of nitrogens with one attached hydrogen (secondary N) is 1. The van der Waals surface area contributed by atoms with E-state index in [1.54, 1.807) is 0 Å². The van der Waals surface area contributed by atoms with Gasteiger partial charge in [0.2, 0.25) is 10.0 Å². The van der Waals surface area contributed by atoms with E-state index in [0.717, 1.165) is 16.3 Å². The van der Waals surface area contributed by atoms with Gasteiger partial charge in [-0.15, -0.1) is 0 Å². The number of hydrogen-bond donors (Lipinski definition) is 1. The van der Waals surface area contributed by atoms with Crippen molar-refractivity contribution in [2.45, 2.75) is 11.3 Å². The Bertz CT molecular complexity index is 1030. The molecule has 7 heteroatoms. The highest BCUT2D eigenvalue weighted by Crippen LogP contribution is 2.23. The molecule has 25 heavy (non-hydrogen) atoms. The first-order valence-electron chi connectivity index (χ1n) is 7.69. The summed E-state index contributed by atoms with van der Waals surface area (Å²) >= 11 is 0. The summed E-state index contributed by atoms with van der Waals surface area (Å²) in [5, 5.41) is 13.2. The molecule has 0 heterocycles. The third kappa shape index (κ3) is 3.67. The molecule has 6 nitrogen and oxygen atoms in total. The molecule has 128 valence electrons. The highest BCUT2D eigenvalue weighted by Gasteiger charge is 2.24. The fraction of sp³-hybridized carbons (Fsp3) is 0.111. The molecule has 0 saturated heterocycles. The molecule has 0 aromatic heterocycles. The predicted octanol–water partition coefficient (Wildman–Crippen LogP) is 3.27. The third-order valence-corrected chi connectivity index (χ3v) is 5.43. The maximum Gasteiger partial charge on any atom is 0.289 e. The van der Waals surface area contributed by atoms with Gasteiger partial charge in [-0.2, -0.15) is 0 Å². The first-order chi connectivity index (χ1) is 12.0. The third-order valence-electron chi connectivity index (χ3n) is 3.92. The Morgan fingerprint density at radius 2 is 1.60 bits per heavy atom. The Morgan fingerprint density at radius 1 is 0.920 bits per heavy atom. The van der Waals surface area contributed by atoms with Gasteiger partial charge >= 0.3 is 0 Å². The molecule has 0 aliphatic carbocycles. The molecule has 0 atom stereocenters. The van der Waals surface area contributed by atoms with Crippen LogP contribution in [0.25, 0.3) is 10.8 Å². The molecule has 3 rings (SSSR count). The molecule has 0 unspecified atom stereocenters. The highest BCUT2D eigenvalue weighted by atomic mass is 32.2. The van der Waals surface area contributed by atoms with E-state index in [2.05, 4.69) is 4.72 Å². The van der Waals surface area contributed by atoms with E-state index in [1.165, 1.54) is 24.3 Å². The Balaban J connectivity index is 1.78. The summed E-state index contributed by atoms with van der Waals surface area (Å²) in [6.45, 7) is 0.155. The summed E-state index contributed by atoms with van der Waals surface area (Å²) < 4.78 is 27.2. The lowest BCUT2D eigenvalue weighted by atomic mass is 10.0. The minimum Gasteiger partial charge on any atom is -0.258 e. The summed E-state index contributed by atoms with van der Waals surface area (Å²) in [5.41, 5.74) is 0.587. The van der Waals surface area contributed by atoms with Crippen LogP contribution in [0.15, 0.2) is 71.6 Å². The smallest absolute Gasteiger partial charge is 0.258 e. The summed E-state index contributed by atoms with van der Waals surface area (Å²) in [6, 6.07) is 19.0. The van der Waals surface area contributed by atoms with Crippen molar-refractivity contribution in [2.75, 3.05) is 6.54 Å². The maximum absolute atomic E-state index is 12.4. The molecule has 0 bridgehead atoms. The minimum atomic E-state index is -3.95. The quantitative estimate of drug-likeness (QED) is 0.542. The lowest BCUT2D eigenvalue weighted by Crippen LogP contribution is -2.26. The van der Waals surface area contributed by atoms with Crippen LogP contribution in [0.3, 0.4) is 0 Å². The monoisotopic (exact) mass is 356 g/mol. The summed E-state index contributed by atoms with van der Waals surface area (Å²) in [6.07, 6.45) is 0.487. The van der Waals surface area contributed by atoms with Gasteiger partial charge < -0.3 is 0 Å². The van der Waals surface area contributed by atoms with E-state index < -0.39 is 20.6 Å². The average Bonchev–Trinajstić information content (AvgIpc) is 2.62. The van der Waals surface area contributed by atoms with Gasteiger partial charge in [-0.3, -0.25) is 10.1 Å². The Labute approximate surface area is 145 Å². The molecular formula is C18H16N2O4S. The van der Waals surface area contributed by atoms with E-state index in [1.807, 2.05) is 42.5 Å². The van der Waals surface area contributed by atoms with Crippen LogP contribution >= 0.6 is 0 Å². The van der Waals surface area contributed by atoms with Crippen LogP contribution in [0.1, 0.15) is 5.56 Å². The normalized spacial score (nSPS) is 11.5. The van der Waals surface area contributed by atoms with Gasteiger partial charge in [0, 0.05) is 12.6 Å². The van der Waals surface area contributed by atoms with Gasteiger partial charge in [0.15, 0.2) is 4.90 Å². The Hall–Kier alpha value is -2.77. The van der Waals surface area contributed by atoms with Crippen molar-refractivity contribution in [1.82, 2.24) is 4.72 Å². The van der Waals surface area contributed by atoms with Crippen LogP contribution < -0.4 is 4.72 Å². The van der Waals surface area contributed by atoms with Crippen LogP contribution in [-0.2, 0) is 16.4 Å². The fourth-order valence-electron chi connectivity index (χ4n) is 2.74. The van der Waals surface area contributed by atoms with Gasteiger partial charge in [0.1, 0.15) is 0 Å². The predicted molar refractivity (Wildman–Crippen MR) is 95.9 cm³/mol. The number of sulfonamides is 1. The van der Waals surface area contributed by atoms with Gasteiger partial charge in [0.25, 0.3) is 5.69 Å². The second-order valence-electron chi connectivity index (χ2n) is 5.51. The highest BCUT2D eigenvalue weighted by molar-refractivity contribution is 7.89. The molecule has 0 saturated carbocycles. The lowest BCUT2D eigenvalue weighted by Gasteiger charge is -2.09. The van der Waals surface area contributed by atoms with Crippen molar-refractivity contribution >= 4 is 26.5 Å². The molecule has 1 N–H and O–H groups in total. The minimum absolute atomic E-state index is 0.155. The first kappa shape index (κ1) is 17.1.